The van der Waals surface area contributed by atoms with Crippen molar-refractivity contribution >= 4 is 38.9 Å². The number of amides is 1. The molecule has 0 atom stereocenters. The molecular weight excluding hydrogens is 333 g/mol. The molecule has 23 heavy (non-hydrogen) atoms. The third-order valence-corrected chi connectivity index (χ3v) is 5.30. The van der Waals surface area contributed by atoms with Crippen LogP contribution in [0.3, 0.4) is 0 Å². The second kappa shape index (κ2) is 6.30. The zero-order valence-corrected chi connectivity index (χ0v) is 14.3. The smallest absolute Gasteiger partial charge is 0.263 e. The Bertz CT molecular complexity index is 886. The number of thiophene rings is 1. The Morgan fingerprint density at radius 1 is 1.22 bits per heavy atom. The molecule has 5 heteroatoms. The van der Waals surface area contributed by atoms with E-state index in [4.69, 9.17) is 11.6 Å². The Hall–Kier alpha value is -1.91. The van der Waals surface area contributed by atoms with Crippen molar-refractivity contribution in [1.29, 1.82) is 0 Å². The number of hydrogen-bond donors (Lipinski definition) is 1. The number of carbonyl (C=O) groups excluding carboxylic acids is 1. The van der Waals surface area contributed by atoms with E-state index in [-0.39, 0.29) is 11.7 Å². The largest absolute Gasteiger partial charge is 0.347 e. The van der Waals surface area contributed by atoms with Crippen LogP contribution in [0.5, 0.6) is 0 Å². The topological polar surface area (TPSA) is 29.1 Å². The quantitative estimate of drug-likeness (QED) is 0.689. The van der Waals surface area contributed by atoms with Crippen molar-refractivity contribution in [2.75, 3.05) is 0 Å². The maximum Gasteiger partial charge on any atom is 0.263 e. The van der Waals surface area contributed by atoms with E-state index in [1.807, 2.05) is 31.2 Å². The van der Waals surface area contributed by atoms with Crippen LogP contribution in [0.1, 0.15) is 26.4 Å². The molecule has 1 amide bonds. The molecule has 0 fully saturated rings. The van der Waals surface area contributed by atoms with Gasteiger partial charge in [-0.2, -0.15) is 0 Å². The van der Waals surface area contributed by atoms with Crippen molar-refractivity contribution < 1.29 is 9.18 Å². The highest BCUT2D eigenvalue weighted by atomic mass is 35.5. The molecule has 0 aliphatic rings. The van der Waals surface area contributed by atoms with Crippen molar-refractivity contribution in [1.82, 2.24) is 5.32 Å². The van der Waals surface area contributed by atoms with Gasteiger partial charge in [-0.1, -0.05) is 41.4 Å². The molecule has 1 N–H and O–H groups in total. The molecule has 2 nitrogen and oxygen atoms in total. The van der Waals surface area contributed by atoms with E-state index in [2.05, 4.69) is 5.32 Å². The summed E-state index contributed by atoms with van der Waals surface area (Å²) < 4.78 is 14.2. The number of nitrogens with one attached hydrogen (secondary N) is 1. The first-order valence-electron chi connectivity index (χ1n) is 7.17. The lowest BCUT2D eigenvalue weighted by Crippen LogP contribution is -2.22. The number of fused-ring (bicyclic) bond motifs is 1. The fourth-order valence-electron chi connectivity index (χ4n) is 2.46. The maximum absolute atomic E-state index is 13.5. The number of rotatable bonds is 3. The first kappa shape index (κ1) is 16.0. The van der Waals surface area contributed by atoms with Crippen LogP contribution in [0.15, 0.2) is 36.4 Å². The third-order valence-electron chi connectivity index (χ3n) is 3.67. The van der Waals surface area contributed by atoms with Gasteiger partial charge in [-0.25, -0.2) is 4.39 Å². The van der Waals surface area contributed by atoms with Gasteiger partial charge < -0.3 is 5.32 Å². The number of hydrogen-bond acceptors (Lipinski definition) is 2. The minimum absolute atomic E-state index is 0.239. The molecule has 1 aromatic heterocycles. The van der Waals surface area contributed by atoms with Crippen molar-refractivity contribution in [3.8, 4) is 0 Å². The third kappa shape index (κ3) is 3.23. The normalized spacial score (nSPS) is 11.0. The second-order valence-electron chi connectivity index (χ2n) is 5.51. The standard InChI is InChI=1S/C18H15ClFNOS/c1-10-3-5-12(6-4-10)9-21-18(22)17-16(19)15-11(2)7-13(20)8-14(15)23-17/h3-8H,9H2,1-2H3,(H,21,22). The summed E-state index contributed by atoms with van der Waals surface area (Å²) in [4.78, 5) is 12.8. The summed E-state index contributed by atoms with van der Waals surface area (Å²) in [5, 5.41) is 4.01. The molecule has 0 spiro atoms. The first-order chi connectivity index (χ1) is 11.0. The predicted molar refractivity (Wildman–Crippen MR) is 93.9 cm³/mol. The molecule has 118 valence electrons. The fraction of sp³-hybridized carbons (Fsp3) is 0.167. The Morgan fingerprint density at radius 3 is 2.61 bits per heavy atom. The number of carbonyl (C=O) groups is 1. The van der Waals surface area contributed by atoms with Crippen LogP contribution < -0.4 is 5.32 Å². The number of halogens is 2. The Labute approximate surface area is 142 Å². The molecule has 3 aromatic rings. The summed E-state index contributed by atoms with van der Waals surface area (Å²) >= 11 is 7.55. The van der Waals surface area contributed by atoms with E-state index >= 15 is 0 Å². The van der Waals surface area contributed by atoms with Gasteiger partial charge in [0.1, 0.15) is 10.7 Å². The lowest BCUT2D eigenvalue weighted by Gasteiger charge is -2.05. The molecule has 0 saturated carbocycles. The van der Waals surface area contributed by atoms with Gasteiger partial charge in [0.25, 0.3) is 5.91 Å². The summed E-state index contributed by atoms with van der Waals surface area (Å²) in [7, 11) is 0. The molecule has 0 bridgehead atoms. The zero-order chi connectivity index (χ0) is 16.6. The van der Waals surface area contributed by atoms with Gasteiger partial charge in [-0.15, -0.1) is 11.3 Å². The molecule has 0 aliphatic heterocycles. The molecular formula is C18H15ClFNOS. The van der Waals surface area contributed by atoms with Gasteiger partial charge >= 0.3 is 0 Å². The van der Waals surface area contributed by atoms with Gasteiger partial charge in [0, 0.05) is 16.6 Å². The van der Waals surface area contributed by atoms with Crippen molar-refractivity contribution in [3.05, 3.63) is 68.8 Å². The van der Waals surface area contributed by atoms with E-state index in [1.165, 1.54) is 29.0 Å². The van der Waals surface area contributed by atoms with Crippen molar-refractivity contribution in [3.63, 3.8) is 0 Å². The van der Waals surface area contributed by atoms with Gasteiger partial charge in [-0.3, -0.25) is 4.79 Å². The minimum atomic E-state index is -0.320. The van der Waals surface area contributed by atoms with E-state index in [0.717, 1.165) is 16.5 Å². The highest BCUT2D eigenvalue weighted by Gasteiger charge is 2.19. The molecule has 0 saturated heterocycles. The average molecular weight is 348 g/mol. The zero-order valence-electron chi connectivity index (χ0n) is 12.7. The molecule has 1 heterocycles. The van der Waals surface area contributed by atoms with Gasteiger partial charge in [0.2, 0.25) is 0 Å². The number of aryl methyl sites for hydroxylation is 2. The van der Waals surface area contributed by atoms with Crippen LogP contribution in [0.25, 0.3) is 10.1 Å². The second-order valence-corrected chi connectivity index (χ2v) is 6.94. The highest BCUT2D eigenvalue weighted by molar-refractivity contribution is 7.21. The molecule has 0 unspecified atom stereocenters. The molecule has 2 aromatic carbocycles. The summed E-state index contributed by atoms with van der Waals surface area (Å²) in [5.41, 5.74) is 2.92. The SMILES string of the molecule is Cc1ccc(CNC(=O)c2sc3cc(F)cc(C)c3c2Cl)cc1. The lowest BCUT2D eigenvalue weighted by molar-refractivity contribution is 0.0955. The van der Waals surface area contributed by atoms with Crippen LogP contribution in [-0.4, -0.2) is 5.91 Å². The minimum Gasteiger partial charge on any atom is -0.347 e. The monoisotopic (exact) mass is 347 g/mol. The van der Waals surface area contributed by atoms with Crippen LogP contribution in [0, 0.1) is 19.7 Å². The van der Waals surface area contributed by atoms with Crippen LogP contribution in [0.4, 0.5) is 4.39 Å². The van der Waals surface area contributed by atoms with Crippen LogP contribution in [-0.2, 0) is 6.54 Å². The fourth-order valence-corrected chi connectivity index (χ4v) is 4.08. The Morgan fingerprint density at radius 2 is 1.91 bits per heavy atom. The van der Waals surface area contributed by atoms with Crippen molar-refractivity contribution in [2.24, 2.45) is 0 Å². The van der Waals surface area contributed by atoms with E-state index in [9.17, 15) is 9.18 Å². The van der Waals surface area contributed by atoms with E-state index in [0.29, 0.717) is 21.1 Å². The summed E-state index contributed by atoms with van der Waals surface area (Å²) in [6, 6.07) is 10.8. The maximum atomic E-state index is 13.5. The molecule has 3 rings (SSSR count). The number of benzene rings is 2. The van der Waals surface area contributed by atoms with Crippen molar-refractivity contribution in [2.45, 2.75) is 20.4 Å². The predicted octanol–water partition coefficient (Wildman–Crippen LogP) is 5.24. The Balaban J connectivity index is 1.85. The summed E-state index contributed by atoms with van der Waals surface area (Å²) in [6.45, 7) is 4.23. The average Bonchev–Trinajstić information content (AvgIpc) is 2.83. The Kier molecular flexibility index (Phi) is 4.37. The molecule has 0 aliphatic carbocycles. The van der Waals surface area contributed by atoms with Gasteiger partial charge in [0.15, 0.2) is 0 Å². The van der Waals surface area contributed by atoms with Crippen LogP contribution in [0.2, 0.25) is 5.02 Å². The first-order valence-corrected chi connectivity index (χ1v) is 8.37. The highest BCUT2D eigenvalue weighted by Crippen LogP contribution is 2.37. The van der Waals surface area contributed by atoms with Gasteiger partial charge in [-0.05, 0) is 37.1 Å². The lowest BCUT2D eigenvalue weighted by atomic mass is 10.1. The molecule has 0 radical (unpaired) electrons. The summed E-state index contributed by atoms with van der Waals surface area (Å²) in [5.74, 6) is -0.559. The van der Waals surface area contributed by atoms with E-state index < -0.39 is 0 Å². The van der Waals surface area contributed by atoms with E-state index in [1.54, 1.807) is 6.92 Å². The van der Waals surface area contributed by atoms with Gasteiger partial charge in [0.05, 0.1) is 5.02 Å². The summed E-state index contributed by atoms with van der Waals surface area (Å²) in [6.07, 6.45) is 0. The van der Waals surface area contributed by atoms with Crippen LogP contribution >= 0.6 is 22.9 Å².